The van der Waals surface area contributed by atoms with Crippen LogP contribution in [0.15, 0.2) is 0 Å². The zero-order valence-corrected chi connectivity index (χ0v) is 61.6. The number of aliphatic hydroxyl groups excluding tert-OH is 1. The third-order valence-electron chi connectivity index (χ3n) is 17.3. The molecule has 3 N–H and O–H groups in total. The van der Waals surface area contributed by atoms with Crippen molar-refractivity contribution in [3.63, 3.8) is 0 Å². The number of ether oxygens (including phenoxy) is 4. The van der Waals surface area contributed by atoms with Gasteiger partial charge in [0, 0.05) is 25.7 Å². The average Bonchev–Trinajstić information content (AvgIpc) is 3.17. The van der Waals surface area contributed by atoms with Gasteiger partial charge in [0.1, 0.15) is 19.3 Å². The molecule has 546 valence electrons. The minimum absolute atomic E-state index is 0.102. The second kappa shape index (κ2) is 65.0. The Morgan fingerprint density at radius 1 is 0.315 bits per heavy atom. The lowest BCUT2D eigenvalue weighted by Crippen LogP contribution is -2.30. The van der Waals surface area contributed by atoms with Crippen LogP contribution in [0.2, 0.25) is 0 Å². The van der Waals surface area contributed by atoms with Gasteiger partial charge in [-0.3, -0.25) is 37.3 Å². The molecule has 0 aliphatic rings. The van der Waals surface area contributed by atoms with E-state index in [2.05, 4.69) is 41.5 Å². The SMILES string of the molecule is CCCCCCCCCCCCCCCCCCCCCCC(=O)O[C@H](COC(=O)CCCCCCCCCCCCCCC)COP(=O)(O)OC[C@@H](O)COP(=O)(O)OC[C@@H](COC(=O)CCCCCCCCC(C)C)OC(=O)CCCCCCCCC(C)CC. The van der Waals surface area contributed by atoms with E-state index in [1.807, 2.05) is 0 Å². The van der Waals surface area contributed by atoms with Gasteiger partial charge >= 0.3 is 39.5 Å². The molecular weight excluding hydrogens is 1210 g/mol. The fourth-order valence-electron chi connectivity index (χ4n) is 11.1. The molecule has 3 unspecified atom stereocenters. The summed E-state index contributed by atoms with van der Waals surface area (Å²) in [5.41, 5.74) is 0. The van der Waals surface area contributed by atoms with Crippen molar-refractivity contribution in [2.45, 2.75) is 394 Å². The molecule has 0 amide bonds. The molecular formula is C73H142O17P2. The van der Waals surface area contributed by atoms with Crippen LogP contribution in [-0.2, 0) is 65.4 Å². The first kappa shape index (κ1) is 90.1. The zero-order chi connectivity index (χ0) is 67.9. The summed E-state index contributed by atoms with van der Waals surface area (Å²) in [6.07, 6.45) is 51.7. The maximum Gasteiger partial charge on any atom is 0.472 e. The highest BCUT2D eigenvalue weighted by Gasteiger charge is 2.30. The van der Waals surface area contributed by atoms with Crippen LogP contribution in [0.25, 0.3) is 0 Å². The third-order valence-corrected chi connectivity index (χ3v) is 19.2. The summed E-state index contributed by atoms with van der Waals surface area (Å²) in [4.78, 5) is 72.6. The molecule has 0 aromatic carbocycles. The number of hydrogen-bond acceptors (Lipinski definition) is 15. The van der Waals surface area contributed by atoms with Gasteiger partial charge in [0.05, 0.1) is 26.4 Å². The molecule has 0 spiro atoms. The monoisotopic (exact) mass is 1350 g/mol. The van der Waals surface area contributed by atoms with Crippen LogP contribution in [0.4, 0.5) is 0 Å². The van der Waals surface area contributed by atoms with Gasteiger partial charge in [0.2, 0.25) is 0 Å². The van der Waals surface area contributed by atoms with Crippen molar-refractivity contribution in [2.75, 3.05) is 39.6 Å². The smallest absolute Gasteiger partial charge is 0.462 e. The Balaban J connectivity index is 5.19. The molecule has 6 atom stereocenters. The second-order valence-corrected chi connectivity index (χ2v) is 30.0. The van der Waals surface area contributed by atoms with E-state index in [9.17, 15) is 43.2 Å². The highest BCUT2D eigenvalue weighted by atomic mass is 31.2. The molecule has 0 aliphatic carbocycles. The van der Waals surface area contributed by atoms with Crippen LogP contribution >= 0.6 is 15.6 Å². The van der Waals surface area contributed by atoms with E-state index in [0.29, 0.717) is 31.6 Å². The number of aliphatic hydroxyl groups is 1. The van der Waals surface area contributed by atoms with Crippen molar-refractivity contribution in [3.8, 4) is 0 Å². The fourth-order valence-corrected chi connectivity index (χ4v) is 12.7. The molecule has 92 heavy (non-hydrogen) atoms. The lowest BCUT2D eigenvalue weighted by Gasteiger charge is -2.21. The summed E-state index contributed by atoms with van der Waals surface area (Å²) in [5, 5.41) is 10.6. The minimum atomic E-state index is -4.95. The number of carbonyl (C=O) groups is 4. The number of esters is 4. The first-order chi connectivity index (χ1) is 44.4. The molecule has 0 radical (unpaired) electrons. The van der Waals surface area contributed by atoms with Crippen molar-refractivity contribution in [1.82, 2.24) is 0 Å². The first-order valence-electron chi connectivity index (χ1n) is 38.0. The number of phosphoric acid groups is 2. The summed E-state index contributed by atoms with van der Waals surface area (Å²) in [5.74, 6) is -0.726. The van der Waals surface area contributed by atoms with Gasteiger partial charge in [-0.1, -0.05) is 324 Å². The summed E-state index contributed by atoms with van der Waals surface area (Å²) in [7, 11) is -9.90. The lowest BCUT2D eigenvalue weighted by molar-refractivity contribution is -0.161. The van der Waals surface area contributed by atoms with E-state index < -0.39 is 97.5 Å². The number of phosphoric ester groups is 2. The van der Waals surface area contributed by atoms with E-state index in [-0.39, 0.29) is 25.7 Å². The van der Waals surface area contributed by atoms with Crippen molar-refractivity contribution in [2.24, 2.45) is 11.8 Å². The molecule has 0 aromatic rings. The Labute approximate surface area is 562 Å². The van der Waals surface area contributed by atoms with E-state index in [1.54, 1.807) is 0 Å². The second-order valence-electron chi connectivity index (χ2n) is 27.1. The third kappa shape index (κ3) is 65.4. The van der Waals surface area contributed by atoms with Crippen LogP contribution in [0.3, 0.4) is 0 Å². The van der Waals surface area contributed by atoms with Crippen LogP contribution in [0.5, 0.6) is 0 Å². The van der Waals surface area contributed by atoms with Crippen molar-refractivity contribution in [1.29, 1.82) is 0 Å². The standard InChI is InChI=1S/C73H142O17P2/c1-7-10-12-14-16-18-20-22-23-24-25-26-27-28-30-32-34-36-45-51-57-72(77)89-68(61-83-70(75)55-49-43-35-33-31-29-21-19-17-15-13-11-8-2)63-87-91(79,80)85-59-67(74)60-86-92(81,82)88-64-69(62-84-71(76)56-50-44-39-37-41-47-53-65(4)5)90-73(78)58-52-46-40-38-42-48-54-66(6)9-3/h65-69,74H,7-64H2,1-6H3,(H,79,80)(H,81,82)/t66?,67-,68-,69-/m1/s1. The van der Waals surface area contributed by atoms with Gasteiger partial charge in [-0.15, -0.1) is 0 Å². The Kier molecular flexibility index (Phi) is 63.7. The van der Waals surface area contributed by atoms with Gasteiger partial charge in [-0.25, -0.2) is 9.13 Å². The number of carbonyl (C=O) groups excluding carboxylic acids is 4. The van der Waals surface area contributed by atoms with Crippen LogP contribution in [0.1, 0.15) is 375 Å². The maximum absolute atomic E-state index is 13.1. The van der Waals surface area contributed by atoms with Gasteiger partial charge in [0.15, 0.2) is 12.2 Å². The summed E-state index contributed by atoms with van der Waals surface area (Å²) >= 11 is 0. The minimum Gasteiger partial charge on any atom is -0.462 e. The largest absolute Gasteiger partial charge is 0.472 e. The topological polar surface area (TPSA) is 237 Å². The Morgan fingerprint density at radius 2 is 0.554 bits per heavy atom. The summed E-state index contributed by atoms with van der Waals surface area (Å²) in [6.45, 7) is 9.43. The molecule has 0 aliphatic heterocycles. The Bertz CT molecular complexity index is 1790. The van der Waals surface area contributed by atoms with Crippen molar-refractivity contribution < 1.29 is 80.2 Å². The molecule has 0 rings (SSSR count). The molecule has 0 fully saturated rings. The van der Waals surface area contributed by atoms with E-state index in [0.717, 1.165) is 102 Å². The predicted molar refractivity (Wildman–Crippen MR) is 372 cm³/mol. The van der Waals surface area contributed by atoms with Crippen molar-refractivity contribution in [3.05, 3.63) is 0 Å². The average molecular weight is 1350 g/mol. The van der Waals surface area contributed by atoms with Gasteiger partial charge in [-0.05, 0) is 37.5 Å². The van der Waals surface area contributed by atoms with E-state index >= 15 is 0 Å². The first-order valence-corrected chi connectivity index (χ1v) is 41.0. The van der Waals surface area contributed by atoms with Gasteiger partial charge in [0.25, 0.3) is 0 Å². The number of hydrogen-bond donors (Lipinski definition) is 3. The van der Waals surface area contributed by atoms with Crippen LogP contribution in [-0.4, -0.2) is 96.7 Å². The predicted octanol–water partition coefficient (Wildman–Crippen LogP) is 21.2. The Hall–Kier alpha value is -1.94. The van der Waals surface area contributed by atoms with E-state index in [1.165, 1.54) is 186 Å². The molecule has 0 saturated heterocycles. The quantitative estimate of drug-likeness (QED) is 0.0222. The van der Waals surface area contributed by atoms with Crippen LogP contribution in [0, 0.1) is 11.8 Å². The van der Waals surface area contributed by atoms with Gasteiger partial charge in [-0.2, -0.15) is 0 Å². The summed E-state index contributed by atoms with van der Waals surface area (Å²) < 4.78 is 68.3. The van der Waals surface area contributed by atoms with Gasteiger partial charge < -0.3 is 33.8 Å². The van der Waals surface area contributed by atoms with Crippen molar-refractivity contribution >= 4 is 39.5 Å². The molecule has 0 saturated carbocycles. The maximum atomic E-state index is 13.1. The molecule has 0 bridgehead atoms. The van der Waals surface area contributed by atoms with E-state index in [4.69, 9.17) is 37.0 Å². The number of unbranched alkanes of at least 4 members (excludes halogenated alkanes) is 41. The molecule has 19 heteroatoms. The Morgan fingerprint density at radius 3 is 0.826 bits per heavy atom. The summed E-state index contributed by atoms with van der Waals surface area (Å²) in [6, 6.07) is 0. The molecule has 0 aromatic heterocycles. The highest BCUT2D eigenvalue weighted by molar-refractivity contribution is 7.47. The fraction of sp³-hybridized carbons (Fsp3) is 0.945. The zero-order valence-electron chi connectivity index (χ0n) is 59.9. The van der Waals surface area contributed by atoms with Crippen LogP contribution < -0.4 is 0 Å². The highest BCUT2D eigenvalue weighted by Crippen LogP contribution is 2.45. The number of rotatable bonds is 72. The lowest BCUT2D eigenvalue weighted by atomic mass is 10.00. The normalized spacial score (nSPS) is 14.4. The molecule has 17 nitrogen and oxygen atoms in total. The molecule has 0 heterocycles.